The van der Waals surface area contributed by atoms with Gasteiger partial charge in [0.25, 0.3) is 0 Å². The average molecular weight is 160 g/mol. The Hall–Kier alpha value is -0.220. The van der Waals surface area contributed by atoms with E-state index in [-0.39, 0.29) is 11.9 Å². The highest BCUT2D eigenvalue weighted by Crippen LogP contribution is 2.22. The summed E-state index contributed by atoms with van der Waals surface area (Å²) in [6, 6.07) is -0.0428. The Kier molecular flexibility index (Phi) is 2.56. The van der Waals surface area contributed by atoms with Crippen molar-refractivity contribution in [3.05, 3.63) is 0 Å². The summed E-state index contributed by atoms with van der Waals surface area (Å²) in [5.74, 6) is 0.912. The van der Waals surface area contributed by atoms with Crippen molar-refractivity contribution in [3.8, 4) is 0 Å². The highest BCUT2D eigenvalue weighted by Gasteiger charge is 2.23. The quantitative estimate of drug-likeness (QED) is 0.558. The van der Waals surface area contributed by atoms with Crippen LogP contribution in [0.25, 0.3) is 0 Å². The Balaban J connectivity index is 2.47. The molecule has 0 bridgehead atoms. The topological polar surface area (TPSA) is 46.3 Å². The van der Waals surface area contributed by atoms with Crippen LogP contribution < -0.4 is 5.73 Å². The van der Waals surface area contributed by atoms with Crippen molar-refractivity contribution in [2.24, 2.45) is 5.73 Å². The summed E-state index contributed by atoms with van der Waals surface area (Å²) in [4.78, 5) is 10.7. The molecule has 0 radical (unpaired) electrons. The van der Waals surface area contributed by atoms with Gasteiger partial charge in [-0.1, -0.05) is 11.9 Å². The zero-order chi connectivity index (χ0) is 7.56. The van der Waals surface area contributed by atoms with Crippen molar-refractivity contribution >= 4 is 17.9 Å². The molecule has 1 aliphatic heterocycles. The maximum atomic E-state index is 10.7. The third kappa shape index (κ3) is 1.64. The van der Waals surface area contributed by atoms with Crippen LogP contribution in [0.1, 0.15) is 12.8 Å². The molecule has 1 amide bonds. The summed E-state index contributed by atoms with van der Waals surface area (Å²) in [5, 5.41) is 0. The number of carbonyl (C=O) groups is 1. The fraction of sp³-hybridized carbons (Fsp3) is 0.833. The minimum absolute atomic E-state index is 0.0428. The van der Waals surface area contributed by atoms with Crippen molar-refractivity contribution in [2.45, 2.75) is 18.9 Å². The van der Waals surface area contributed by atoms with Gasteiger partial charge in [0.05, 0.1) is 6.04 Å². The fourth-order valence-electron chi connectivity index (χ4n) is 1.08. The molecule has 1 aliphatic rings. The molecule has 2 N–H and O–H groups in total. The molecule has 0 spiro atoms. The van der Waals surface area contributed by atoms with Crippen LogP contribution in [0, 0.1) is 0 Å². The lowest BCUT2D eigenvalue weighted by Crippen LogP contribution is -2.41. The lowest BCUT2D eigenvalue weighted by atomic mass is 10.1. The number of nitrogens with zero attached hydrogens (tertiary/aromatic N) is 1. The third-order valence-electron chi connectivity index (χ3n) is 1.68. The average Bonchev–Trinajstić information content (AvgIpc) is 1.88. The standard InChI is InChI=1S/C6H12N2OS/c1-8-5(6(7)9)3-2-4-10-8/h5H,2-4H2,1H3,(H2,7,9). The van der Waals surface area contributed by atoms with Gasteiger partial charge in [-0.2, -0.15) is 0 Å². The van der Waals surface area contributed by atoms with Crippen LogP contribution in [0.3, 0.4) is 0 Å². The molecule has 0 saturated carbocycles. The maximum absolute atomic E-state index is 10.7. The summed E-state index contributed by atoms with van der Waals surface area (Å²) >= 11 is 1.69. The number of rotatable bonds is 1. The number of likely N-dealkylation sites (N-methyl/N-ethyl adjacent to an activating group) is 1. The molecule has 1 heterocycles. The number of amides is 1. The van der Waals surface area contributed by atoms with Gasteiger partial charge in [-0.25, -0.2) is 4.31 Å². The zero-order valence-electron chi connectivity index (χ0n) is 6.04. The van der Waals surface area contributed by atoms with Gasteiger partial charge >= 0.3 is 0 Å². The van der Waals surface area contributed by atoms with E-state index in [1.54, 1.807) is 11.9 Å². The van der Waals surface area contributed by atoms with E-state index in [4.69, 9.17) is 5.73 Å². The summed E-state index contributed by atoms with van der Waals surface area (Å²) in [6.07, 6.45) is 2.02. The van der Waals surface area contributed by atoms with E-state index in [9.17, 15) is 4.79 Å². The predicted molar refractivity (Wildman–Crippen MR) is 42.4 cm³/mol. The van der Waals surface area contributed by atoms with Gasteiger partial charge in [-0.3, -0.25) is 4.79 Å². The second-order valence-electron chi connectivity index (χ2n) is 2.44. The Morgan fingerprint density at radius 3 is 2.90 bits per heavy atom. The number of carbonyl (C=O) groups excluding carboxylic acids is 1. The van der Waals surface area contributed by atoms with Gasteiger partial charge in [0.2, 0.25) is 5.91 Å². The fourth-order valence-corrected chi connectivity index (χ4v) is 2.05. The normalized spacial score (nSPS) is 28.3. The van der Waals surface area contributed by atoms with Crippen molar-refractivity contribution in [1.29, 1.82) is 0 Å². The largest absolute Gasteiger partial charge is 0.368 e. The first kappa shape index (κ1) is 7.88. The minimum atomic E-state index is -0.199. The summed E-state index contributed by atoms with van der Waals surface area (Å²) in [7, 11) is 1.92. The lowest BCUT2D eigenvalue weighted by Gasteiger charge is -2.28. The van der Waals surface area contributed by atoms with Gasteiger partial charge in [0, 0.05) is 5.75 Å². The molecule has 0 aromatic rings. The van der Waals surface area contributed by atoms with Crippen LogP contribution in [-0.4, -0.2) is 29.1 Å². The lowest BCUT2D eigenvalue weighted by molar-refractivity contribution is -0.121. The molecule has 1 atom stereocenters. The van der Waals surface area contributed by atoms with E-state index in [0.717, 1.165) is 18.6 Å². The number of primary amides is 1. The van der Waals surface area contributed by atoms with E-state index in [1.165, 1.54) is 0 Å². The van der Waals surface area contributed by atoms with Gasteiger partial charge in [0.15, 0.2) is 0 Å². The number of nitrogens with two attached hydrogens (primary N) is 1. The van der Waals surface area contributed by atoms with E-state index in [2.05, 4.69) is 0 Å². The van der Waals surface area contributed by atoms with Crippen LogP contribution in [0.2, 0.25) is 0 Å². The van der Waals surface area contributed by atoms with Gasteiger partial charge in [-0.15, -0.1) is 0 Å². The summed E-state index contributed by atoms with van der Waals surface area (Å²) in [5.41, 5.74) is 5.16. The second kappa shape index (κ2) is 3.25. The number of hydrogen-bond acceptors (Lipinski definition) is 3. The summed E-state index contributed by atoms with van der Waals surface area (Å²) in [6.45, 7) is 0. The Labute approximate surface area is 65.1 Å². The van der Waals surface area contributed by atoms with Crippen LogP contribution in [-0.2, 0) is 4.79 Å². The van der Waals surface area contributed by atoms with Crippen molar-refractivity contribution < 1.29 is 4.79 Å². The van der Waals surface area contributed by atoms with Crippen LogP contribution in [0.4, 0.5) is 0 Å². The summed E-state index contributed by atoms with van der Waals surface area (Å²) < 4.78 is 1.95. The molecule has 1 fully saturated rings. The molecule has 1 rings (SSSR count). The molecule has 0 aromatic heterocycles. The number of hydrogen-bond donors (Lipinski definition) is 1. The first-order chi connectivity index (χ1) is 4.72. The monoisotopic (exact) mass is 160 g/mol. The van der Waals surface area contributed by atoms with Crippen molar-refractivity contribution in [3.63, 3.8) is 0 Å². The third-order valence-corrected chi connectivity index (χ3v) is 2.82. The molecule has 1 unspecified atom stereocenters. The molecule has 4 heteroatoms. The van der Waals surface area contributed by atoms with Gasteiger partial charge < -0.3 is 5.73 Å². The van der Waals surface area contributed by atoms with E-state index in [1.807, 2.05) is 11.4 Å². The van der Waals surface area contributed by atoms with Crippen LogP contribution in [0.15, 0.2) is 0 Å². The van der Waals surface area contributed by atoms with Crippen LogP contribution >= 0.6 is 11.9 Å². The molecule has 10 heavy (non-hydrogen) atoms. The maximum Gasteiger partial charge on any atom is 0.235 e. The molecule has 0 aliphatic carbocycles. The Morgan fingerprint density at radius 1 is 1.80 bits per heavy atom. The Bertz CT molecular complexity index is 140. The first-order valence-corrected chi connectivity index (χ1v) is 4.31. The van der Waals surface area contributed by atoms with Crippen molar-refractivity contribution in [1.82, 2.24) is 4.31 Å². The van der Waals surface area contributed by atoms with E-state index in [0.29, 0.717) is 0 Å². The molecule has 0 aromatic carbocycles. The second-order valence-corrected chi connectivity index (χ2v) is 3.68. The van der Waals surface area contributed by atoms with E-state index >= 15 is 0 Å². The minimum Gasteiger partial charge on any atom is -0.368 e. The molecular formula is C6H12N2OS. The van der Waals surface area contributed by atoms with Crippen LogP contribution in [0.5, 0.6) is 0 Å². The molecular weight excluding hydrogens is 148 g/mol. The first-order valence-electron chi connectivity index (χ1n) is 3.37. The molecule has 1 saturated heterocycles. The smallest absolute Gasteiger partial charge is 0.235 e. The molecule has 3 nitrogen and oxygen atoms in total. The van der Waals surface area contributed by atoms with Gasteiger partial charge in [-0.05, 0) is 19.9 Å². The predicted octanol–water partition coefficient (Wildman–Crippen LogP) is 0.214. The molecule has 58 valence electrons. The highest BCUT2D eigenvalue weighted by molar-refractivity contribution is 7.97. The Morgan fingerprint density at radius 2 is 2.50 bits per heavy atom. The van der Waals surface area contributed by atoms with Gasteiger partial charge in [0.1, 0.15) is 0 Å². The zero-order valence-corrected chi connectivity index (χ0v) is 6.86. The van der Waals surface area contributed by atoms with E-state index < -0.39 is 0 Å². The highest BCUT2D eigenvalue weighted by atomic mass is 32.2. The SMILES string of the molecule is CN1SCCCC1C(N)=O. The van der Waals surface area contributed by atoms with Crippen molar-refractivity contribution in [2.75, 3.05) is 12.8 Å².